The van der Waals surface area contributed by atoms with Crippen LogP contribution in [0.1, 0.15) is 0 Å². The van der Waals surface area contributed by atoms with Crippen LogP contribution in [0.25, 0.3) is 20.7 Å². The van der Waals surface area contributed by atoms with Gasteiger partial charge in [0, 0.05) is 36.4 Å². The fourth-order valence-corrected chi connectivity index (χ4v) is 4.96. The summed E-state index contributed by atoms with van der Waals surface area (Å²) in [7, 11) is 1.88. The van der Waals surface area contributed by atoms with Crippen LogP contribution in [0.5, 0.6) is 0 Å². The van der Waals surface area contributed by atoms with Crippen LogP contribution in [0.15, 0.2) is 67.0 Å². The molecule has 0 saturated carbocycles. The van der Waals surface area contributed by atoms with E-state index in [0.29, 0.717) is 0 Å². The molecule has 1 amide bonds. The molecule has 33 heavy (non-hydrogen) atoms. The Labute approximate surface area is 196 Å². The fraction of sp³-hybridized carbons (Fsp3) is 0.240. The number of carbonyl (C=O) groups excluding carboxylic acids is 1. The maximum absolute atomic E-state index is 12.7. The first-order chi connectivity index (χ1) is 16.2. The zero-order valence-corrected chi connectivity index (χ0v) is 19.2. The first-order valence-corrected chi connectivity index (χ1v) is 11.7. The molecule has 2 aromatic carbocycles. The molecule has 1 N–H and O–H groups in total. The third-order valence-electron chi connectivity index (χ3n) is 5.64. The van der Waals surface area contributed by atoms with Gasteiger partial charge in [-0.25, -0.2) is 9.97 Å². The predicted octanol–water partition coefficient (Wildman–Crippen LogP) is 4.27. The van der Waals surface area contributed by atoms with Crippen LogP contribution in [-0.2, 0) is 9.53 Å². The number of ether oxygens (including phenoxy) is 1. The van der Waals surface area contributed by atoms with Gasteiger partial charge in [0.2, 0.25) is 5.91 Å². The van der Waals surface area contributed by atoms with Gasteiger partial charge in [-0.15, -0.1) is 11.3 Å². The summed E-state index contributed by atoms with van der Waals surface area (Å²) < 4.78 is 5.41. The monoisotopic (exact) mass is 459 g/mol. The van der Waals surface area contributed by atoms with E-state index in [1.807, 2.05) is 54.4 Å². The van der Waals surface area contributed by atoms with Gasteiger partial charge in [0.05, 0.1) is 25.1 Å². The van der Waals surface area contributed by atoms with Crippen molar-refractivity contribution < 1.29 is 9.53 Å². The van der Waals surface area contributed by atoms with E-state index in [4.69, 9.17) is 4.74 Å². The van der Waals surface area contributed by atoms with E-state index < -0.39 is 0 Å². The average molecular weight is 460 g/mol. The van der Waals surface area contributed by atoms with Crippen LogP contribution < -0.4 is 15.1 Å². The van der Waals surface area contributed by atoms with Gasteiger partial charge in [0.25, 0.3) is 0 Å². The van der Waals surface area contributed by atoms with Crippen molar-refractivity contribution in [2.75, 3.05) is 55.0 Å². The Morgan fingerprint density at radius 1 is 1.09 bits per heavy atom. The highest BCUT2D eigenvalue weighted by Gasteiger charge is 2.16. The molecule has 0 spiro atoms. The number of rotatable bonds is 6. The van der Waals surface area contributed by atoms with E-state index in [1.54, 1.807) is 17.7 Å². The number of hydrogen-bond donors (Lipinski definition) is 1. The highest BCUT2D eigenvalue weighted by Crippen LogP contribution is 2.35. The van der Waals surface area contributed by atoms with Crippen molar-refractivity contribution in [2.24, 2.45) is 0 Å². The number of carbonyl (C=O) groups is 1. The van der Waals surface area contributed by atoms with Gasteiger partial charge in [-0.05, 0) is 35.9 Å². The molecule has 1 saturated heterocycles. The van der Waals surface area contributed by atoms with E-state index in [9.17, 15) is 4.79 Å². The van der Waals surface area contributed by atoms with E-state index in [-0.39, 0.29) is 12.5 Å². The van der Waals surface area contributed by atoms with Crippen molar-refractivity contribution in [2.45, 2.75) is 0 Å². The minimum Gasteiger partial charge on any atom is -0.378 e. The van der Waals surface area contributed by atoms with Crippen LogP contribution in [0, 0.1) is 0 Å². The number of aromatic nitrogens is 2. The standard InChI is InChI=1S/C25H25N5O2S/c1-29(16-23(31)28-19-7-9-20(10-8-19)30-11-13-32-14-12-30)24-21-15-22(18-5-3-2-4-6-18)33-25(21)27-17-26-24/h2-10,15,17H,11-14,16H2,1H3,(H,28,31). The quantitative estimate of drug-likeness (QED) is 0.464. The molecule has 2 aromatic heterocycles. The second-order valence-electron chi connectivity index (χ2n) is 7.94. The molecule has 5 rings (SSSR count). The van der Waals surface area contributed by atoms with Gasteiger partial charge in [0.1, 0.15) is 17.0 Å². The smallest absolute Gasteiger partial charge is 0.243 e. The number of likely N-dealkylation sites (N-methyl/N-ethyl adjacent to an activating group) is 1. The number of anilines is 3. The second kappa shape index (κ2) is 9.56. The Morgan fingerprint density at radius 3 is 2.61 bits per heavy atom. The molecule has 7 nitrogen and oxygen atoms in total. The van der Waals surface area contributed by atoms with Gasteiger partial charge in [-0.1, -0.05) is 30.3 Å². The molecule has 0 unspecified atom stereocenters. The number of fused-ring (bicyclic) bond motifs is 1. The highest BCUT2D eigenvalue weighted by molar-refractivity contribution is 7.21. The summed E-state index contributed by atoms with van der Waals surface area (Å²) in [6, 6.07) is 20.3. The Hall–Kier alpha value is -3.49. The summed E-state index contributed by atoms with van der Waals surface area (Å²) in [5, 5.41) is 3.94. The van der Waals surface area contributed by atoms with E-state index in [1.165, 1.54) is 0 Å². The number of nitrogens with one attached hydrogen (secondary N) is 1. The maximum atomic E-state index is 12.7. The summed E-state index contributed by atoms with van der Waals surface area (Å²) in [6.07, 6.45) is 1.56. The Morgan fingerprint density at radius 2 is 1.85 bits per heavy atom. The van der Waals surface area contributed by atoms with Gasteiger partial charge in [-0.2, -0.15) is 0 Å². The van der Waals surface area contributed by atoms with Gasteiger partial charge in [0.15, 0.2) is 0 Å². The summed E-state index contributed by atoms with van der Waals surface area (Å²) in [6.45, 7) is 3.46. The third-order valence-corrected chi connectivity index (χ3v) is 6.73. The normalized spacial score (nSPS) is 13.8. The molecule has 3 heterocycles. The lowest BCUT2D eigenvalue weighted by atomic mass is 10.2. The topological polar surface area (TPSA) is 70.6 Å². The number of thiophene rings is 1. The summed E-state index contributed by atoms with van der Waals surface area (Å²) in [5.41, 5.74) is 3.07. The molecular formula is C25H25N5O2S. The first kappa shape index (κ1) is 21.4. The number of benzene rings is 2. The third kappa shape index (κ3) is 4.81. The molecule has 1 fully saturated rings. The Balaban J connectivity index is 1.27. The van der Waals surface area contributed by atoms with Crippen LogP contribution in [0.4, 0.5) is 17.2 Å². The van der Waals surface area contributed by atoms with Crippen molar-refractivity contribution in [3.05, 3.63) is 67.0 Å². The largest absolute Gasteiger partial charge is 0.378 e. The molecule has 8 heteroatoms. The van der Waals surface area contributed by atoms with Crippen LogP contribution >= 0.6 is 11.3 Å². The van der Waals surface area contributed by atoms with E-state index in [2.05, 4.69) is 38.4 Å². The molecule has 1 aliphatic heterocycles. The summed E-state index contributed by atoms with van der Waals surface area (Å²) in [4.78, 5) is 27.8. The van der Waals surface area contributed by atoms with Gasteiger partial charge in [-0.3, -0.25) is 4.79 Å². The van der Waals surface area contributed by atoms with Crippen LogP contribution in [-0.4, -0.2) is 55.8 Å². The fourth-order valence-electron chi connectivity index (χ4n) is 3.96. The molecule has 0 aliphatic carbocycles. The van der Waals surface area contributed by atoms with Crippen molar-refractivity contribution in [1.29, 1.82) is 0 Å². The van der Waals surface area contributed by atoms with Gasteiger partial charge >= 0.3 is 0 Å². The molecule has 4 aromatic rings. The van der Waals surface area contributed by atoms with E-state index >= 15 is 0 Å². The minimum absolute atomic E-state index is 0.0955. The molecule has 0 bridgehead atoms. The Kier molecular flexibility index (Phi) is 6.19. The van der Waals surface area contributed by atoms with Crippen molar-refractivity contribution in [3.8, 4) is 10.4 Å². The zero-order valence-electron chi connectivity index (χ0n) is 18.4. The number of morpholine rings is 1. The Bertz CT molecular complexity index is 1240. The summed E-state index contributed by atoms with van der Waals surface area (Å²) >= 11 is 1.63. The van der Waals surface area contributed by atoms with Crippen molar-refractivity contribution in [1.82, 2.24) is 9.97 Å². The molecule has 1 aliphatic rings. The molecule has 168 valence electrons. The highest BCUT2D eigenvalue weighted by atomic mass is 32.1. The SMILES string of the molecule is CN(CC(=O)Nc1ccc(N2CCOCC2)cc1)c1ncnc2sc(-c3ccccc3)cc12. The van der Waals surface area contributed by atoms with Crippen molar-refractivity contribution in [3.63, 3.8) is 0 Å². The summed E-state index contributed by atoms with van der Waals surface area (Å²) in [5.74, 6) is 0.651. The average Bonchev–Trinajstić information content (AvgIpc) is 3.30. The van der Waals surface area contributed by atoms with Crippen LogP contribution in [0.2, 0.25) is 0 Å². The molecular weight excluding hydrogens is 434 g/mol. The lowest BCUT2D eigenvalue weighted by molar-refractivity contribution is -0.114. The molecule has 0 atom stereocenters. The van der Waals surface area contributed by atoms with Crippen molar-refractivity contribution >= 4 is 44.7 Å². The minimum atomic E-state index is -0.0955. The number of nitrogens with zero attached hydrogens (tertiary/aromatic N) is 4. The number of hydrogen-bond acceptors (Lipinski definition) is 7. The lowest BCUT2D eigenvalue weighted by Crippen LogP contribution is -2.36. The second-order valence-corrected chi connectivity index (χ2v) is 8.97. The van der Waals surface area contributed by atoms with Gasteiger partial charge < -0.3 is 19.9 Å². The molecule has 0 radical (unpaired) electrons. The predicted molar refractivity (Wildman–Crippen MR) is 134 cm³/mol. The van der Waals surface area contributed by atoms with Crippen LogP contribution in [0.3, 0.4) is 0 Å². The number of amides is 1. The maximum Gasteiger partial charge on any atom is 0.243 e. The van der Waals surface area contributed by atoms with E-state index in [0.717, 1.165) is 64.2 Å². The lowest BCUT2D eigenvalue weighted by Gasteiger charge is -2.28. The first-order valence-electron chi connectivity index (χ1n) is 10.9. The zero-order chi connectivity index (χ0) is 22.6.